The van der Waals surface area contributed by atoms with Crippen molar-refractivity contribution in [3.63, 3.8) is 0 Å². The van der Waals surface area contributed by atoms with Gasteiger partial charge in [-0.1, -0.05) is 30.3 Å². The van der Waals surface area contributed by atoms with Gasteiger partial charge in [0.25, 0.3) is 5.91 Å². The van der Waals surface area contributed by atoms with Gasteiger partial charge in [-0.05, 0) is 30.7 Å². The van der Waals surface area contributed by atoms with Crippen molar-refractivity contribution in [3.05, 3.63) is 65.2 Å². The maximum Gasteiger partial charge on any atom is 0.274 e. The number of nitrogens with zero attached hydrogens (tertiary/aromatic N) is 2. The van der Waals surface area contributed by atoms with Gasteiger partial charge in [-0.25, -0.2) is 13.1 Å². The van der Waals surface area contributed by atoms with Crippen molar-refractivity contribution in [1.29, 1.82) is 10.5 Å². The quantitative estimate of drug-likeness (QED) is 0.829. The first-order chi connectivity index (χ1) is 12.4. The number of amides is 1. The summed E-state index contributed by atoms with van der Waals surface area (Å²) in [5, 5.41) is 18.0. The highest BCUT2D eigenvalue weighted by Crippen LogP contribution is 2.18. The second kappa shape index (κ2) is 8.15. The molecule has 1 unspecified atom stereocenters. The van der Waals surface area contributed by atoms with Crippen LogP contribution >= 0.6 is 0 Å². The molecule has 2 rings (SSSR count). The summed E-state index contributed by atoms with van der Waals surface area (Å²) in [4.78, 5) is 12.1. The molecule has 2 aromatic carbocycles. The molecule has 1 amide bonds. The van der Waals surface area contributed by atoms with Gasteiger partial charge >= 0.3 is 0 Å². The van der Waals surface area contributed by atoms with E-state index in [1.165, 1.54) is 31.2 Å². The average Bonchev–Trinajstić information content (AvgIpc) is 2.61. The minimum atomic E-state index is -4.02. The van der Waals surface area contributed by atoms with Crippen LogP contribution in [0.1, 0.15) is 23.6 Å². The molecule has 0 saturated carbocycles. The van der Waals surface area contributed by atoms with Gasteiger partial charge in [0, 0.05) is 0 Å². The maximum atomic E-state index is 12.2. The fraction of sp³-hybridized carbons (Fsp3) is 0.167. The van der Waals surface area contributed by atoms with E-state index in [0.717, 1.165) is 0 Å². The van der Waals surface area contributed by atoms with E-state index in [0.29, 0.717) is 5.56 Å². The molecule has 0 bridgehead atoms. The Balaban J connectivity index is 2.08. The molecule has 0 spiro atoms. The van der Waals surface area contributed by atoms with Crippen molar-refractivity contribution in [2.24, 2.45) is 0 Å². The van der Waals surface area contributed by atoms with Gasteiger partial charge in [-0.2, -0.15) is 10.5 Å². The molecule has 132 valence electrons. The summed E-state index contributed by atoms with van der Waals surface area (Å²) < 4.78 is 31.7. The molecule has 0 aromatic heterocycles. The Morgan fingerprint density at radius 2 is 1.65 bits per heavy atom. The number of carbonyl (C=O) groups excluding carboxylic acids is 1. The van der Waals surface area contributed by atoms with Crippen molar-refractivity contribution in [2.45, 2.75) is 18.8 Å². The standard InChI is InChI=1S/C18H15N3O4S/c1-13(25-17-9-5-4-7-15(17)11-20)18(22)21-26(23,24)12-16-8-3-2-6-14(16)10-19/h2-9,13H,12H2,1H3,(H,21,22). The highest BCUT2D eigenvalue weighted by Gasteiger charge is 2.23. The highest BCUT2D eigenvalue weighted by atomic mass is 32.2. The Kier molecular flexibility index (Phi) is 5.94. The normalized spacial score (nSPS) is 11.7. The first-order valence-electron chi connectivity index (χ1n) is 7.54. The monoisotopic (exact) mass is 369 g/mol. The van der Waals surface area contributed by atoms with Gasteiger partial charge in [0.05, 0.1) is 22.9 Å². The van der Waals surface area contributed by atoms with Crippen LogP contribution in [0.5, 0.6) is 5.75 Å². The number of ether oxygens (including phenoxy) is 1. The second-order valence-electron chi connectivity index (χ2n) is 5.36. The third-order valence-corrected chi connectivity index (χ3v) is 4.62. The van der Waals surface area contributed by atoms with Crippen LogP contribution in [0.25, 0.3) is 0 Å². The van der Waals surface area contributed by atoms with Crippen LogP contribution in [0, 0.1) is 22.7 Å². The fourth-order valence-corrected chi connectivity index (χ4v) is 3.34. The van der Waals surface area contributed by atoms with Crippen LogP contribution in [0.3, 0.4) is 0 Å². The number of hydrogen-bond donors (Lipinski definition) is 1. The summed E-state index contributed by atoms with van der Waals surface area (Å²) in [6.45, 7) is 1.38. The van der Waals surface area contributed by atoms with E-state index in [4.69, 9.17) is 15.3 Å². The molecule has 0 heterocycles. The lowest BCUT2D eigenvalue weighted by Crippen LogP contribution is -2.40. The van der Waals surface area contributed by atoms with E-state index in [9.17, 15) is 13.2 Å². The number of nitriles is 2. The van der Waals surface area contributed by atoms with Crippen molar-refractivity contribution in [2.75, 3.05) is 0 Å². The summed E-state index contributed by atoms with van der Waals surface area (Å²) in [6.07, 6.45) is -1.13. The molecule has 2 aromatic rings. The third-order valence-electron chi connectivity index (χ3n) is 3.42. The molecule has 8 heteroatoms. The molecule has 26 heavy (non-hydrogen) atoms. The maximum absolute atomic E-state index is 12.2. The third kappa shape index (κ3) is 4.82. The van der Waals surface area contributed by atoms with E-state index < -0.39 is 27.8 Å². The van der Waals surface area contributed by atoms with Crippen LogP contribution in [0.15, 0.2) is 48.5 Å². The lowest BCUT2D eigenvalue weighted by atomic mass is 10.1. The van der Waals surface area contributed by atoms with E-state index >= 15 is 0 Å². The number of hydrogen-bond acceptors (Lipinski definition) is 6. The van der Waals surface area contributed by atoms with Crippen LogP contribution in [0.2, 0.25) is 0 Å². The predicted octanol–water partition coefficient (Wildman–Crippen LogP) is 1.84. The number of sulfonamides is 1. The molecule has 0 fully saturated rings. The van der Waals surface area contributed by atoms with Crippen LogP contribution in [-0.2, 0) is 20.6 Å². The number of para-hydroxylation sites is 1. The van der Waals surface area contributed by atoms with E-state index in [-0.39, 0.29) is 16.9 Å². The number of benzene rings is 2. The Morgan fingerprint density at radius 1 is 1.08 bits per heavy atom. The van der Waals surface area contributed by atoms with Crippen molar-refractivity contribution in [1.82, 2.24) is 4.72 Å². The minimum absolute atomic E-state index is 0.185. The van der Waals surface area contributed by atoms with Crippen LogP contribution in [-0.4, -0.2) is 20.4 Å². The first kappa shape index (κ1) is 19.0. The number of rotatable bonds is 6. The Hall–Kier alpha value is -3.36. The van der Waals surface area contributed by atoms with Gasteiger partial charge in [0.15, 0.2) is 6.10 Å². The zero-order chi connectivity index (χ0) is 19.2. The van der Waals surface area contributed by atoms with Crippen LogP contribution in [0.4, 0.5) is 0 Å². The summed E-state index contributed by atoms with van der Waals surface area (Å²) in [6, 6.07) is 16.4. The lowest BCUT2D eigenvalue weighted by molar-refractivity contribution is -0.125. The Labute approximate surface area is 151 Å². The Morgan fingerprint density at radius 3 is 2.31 bits per heavy atom. The molecule has 0 aliphatic carbocycles. The van der Waals surface area contributed by atoms with Crippen molar-refractivity contribution >= 4 is 15.9 Å². The number of carbonyl (C=O) groups is 1. The molecule has 0 radical (unpaired) electrons. The smallest absolute Gasteiger partial charge is 0.274 e. The molecular weight excluding hydrogens is 354 g/mol. The van der Waals surface area contributed by atoms with E-state index in [2.05, 4.69) is 0 Å². The van der Waals surface area contributed by atoms with Crippen molar-refractivity contribution in [3.8, 4) is 17.9 Å². The van der Waals surface area contributed by atoms with Gasteiger partial charge in [-0.3, -0.25) is 4.79 Å². The average molecular weight is 369 g/mol. The molecule has 0 saturated heterocycles. The lowest BCUT2D eigenvalue weighted by Gasteiger charge is -2.15. The summed E-state index contributed by atoms with van der Waals surface area (Å²) in [5.41, 5.74) is 0.745. The first-order valence-corrected chi connectivity index (χ1v) is 9.19. The molecule has 0 aliphatic rings. The van der Waals surface area contributed by atoms with Gasteiger partial charge in [0.1, 0.15) is 11.8 Å². The molecular formula is C18H15N3O4S. The highest BCUT2D eigenvalue weighted by molar-refractivity contribution is 7.89. The van der Waals surface area contributed by atoms with E-state index in [1.807, 2.05) is 16.9 Å². The summed E-state index contributed by atoms with van der Waals surface area (Å²) >= 11 is 0. The summed E-state index contributed by atoms with van der Waals surface area (Å²) in [7, 11) is -4.02. The largest absolute Gasteiger partial charge is 0.479 e. The SMILES string of the molecule is CC(Oc1ccccc1C#N)C(=O)NS(=O)(=O)Cc1ccccc1C#N. The topological polar surface area (TPSA) is 120 Å². The predicted molar refractivity (Wildman–Crippen MR) is 93.2 cm³/mol. The molecule has 1 atom stereocenters. The fourth-order valence-electron chi connectivity index (χ4n) is 2.14. The van der Waals surface area contributed by atoms with Gasteiger partial charge in [0.2, 0.25) is 10.0 Å². The van der Waals surface area contributed by atoms with Gasteiger partial charge in [-0.15, -0.1) is 0 Å². The molecule has 7 nitrogen and oxygen atoms in total. The molecule has 1 N–H and O–H groups in total. The van der Waals surface area contributed by atoms with E-state index in [1.54, 1.807) is 24.3 Å². The molecule has 0 aliphatic heterocycles. The van der Waals surface area contributed by atoms with Gasteiger partial charge < -0.3 is 4.74 Å². The minimum Gasteiger partial charge on any atom is -0.479 e. The van der Waals surface area contributed by atoms with Crippen LogP contribution < -0.4 is 9.46 Å². The summed E-state index contributed by atoms with van der Waals surface area (Å²) in [5.74, 6) is -1.19. The second-order valence-corrected chi connectivity index (χ2v) is 7.08. The van der Waals surface area contributed by atoms with Crippen molar-refractivity contribution < 1.29 is 17.9 Å². The number of nitrogens with one attached hydrogen (secondary N) is 1. The zero-order valence-corrected chi connectivity index (χ0v) is 14.7. The zero-order valence-electron chi connectivity index (χ0n) is 13.8. The Bertz CT molecular complexity index is 1000.